The van der Waals surface area contributed by atoms with Crippen LogP contribution in [0.3, 0.4) is 0 Å². The first-order valence-corrected chi connectivity index (χ1v) is 6.29. The highest BCUT2D eigenvalue weighted by molar-refractivity contribution is 5.05. The van der Waals surface area contributed by atoms with Gasteiger partial charge in [0.1, 0.15) is 5.54 Å². The van der Waals surface area contributed by atoms with E-state index in [9.17, 15) is 5.26 Å². The van der Waals surface area contributed by atoms with Crippen molar-refractivity contribution in [3.8, 4) is 6.07 Å². The molecule has 0 heterocycles. The van der Waals surface area contributed by atoms with E-state index in [1.165, 1.54) is 19.3 Å². The first kappa shape index (κ1) is 13.5. The summed E-state index contributed by atoms with van der Waals surface area (Å²) in [6.07, 6.45) is 5.00. The third kappa shape index (κ3) is 4.11. The molecule has 1 saturated carbocycles. The summed E-state index contributed by atoms with van der Waals surface area (Å²) in [5.41, 5.74) is -0.475. The highest BCUT2D eigenvalue weighted by Gasteiger charge is 2.29. The fourth-order valence-corrected chi connectivity index (χ4v) is 2.23. The number of hydrogen-bond acceptors (Lipinski definition) is 3. The molecule has 1 aliphatic carbocycles. The quantitative estimate of drug-likeness (QED) is 0.754. The normalized spacial score (nSPS) is 22.2. The zero-order chi connectivity index (χ0) is 12.2. The lowest BCUT2D eigenvalue weighted by Crippen LogP contribution is -2.47. The van der Waals surface area contributed by atoms with E-state index in [2.05, 4.69) is 32.2 Å². The van der Waals surface area contributed by atoms with E-state index in [0.717, 1.165) is 6.42 Å². The van der Waals surface area contributed by atoms with E-state index in [0.29, 0.717) is 12.1 Å². The van der Waals surface area contributed by atoms with Crippen molar-refractivity contribution >= 4 is 0 Å². The van der Waals surface area contributed by atoms with E-state index < -0.39 is 5.54 Å². The molecule has 0 amide bonds. The molecule has 0 aliphatic heterocycles. The van der Waals surface area contributed by atoms with Crippen LogP contribution in [0.2, 0.25) is 0 Å². The molecule has 0 saturated heterocycles. The number of nitrogens with zero attached hydrogens (tertiary/aromatic N) is 1. The standard InChI is InChI=1S/C13H24N2O/c1-10(2)15-13(4,9-14)8-11(3)16-12-6-5-7-12/h10-12,15H,5-8H2,1-4H3. The molecule has 1 fully saturated rings. The Morgan fingerprint density at radius 3 is 2.44 bits per heavy atom. The molecule has 0 aromatic rings. The minimum absolute atomic E-state index is 0.154. The van der Waals surface area contributed by atoms with E-state index in [-0.39, 0.29) is 6.10 Å². The van der Waals surface area contributed by atoms with Crippen LogP contribution < -0.4 is 5.32 Å². The molecule has 0 aromatic heterocycles. The number of nitriles is 1. The maximum Gasteiger partial charge on any atom is 0.106 e. The summed E-state index contributed by atoms with van der Waals surface area (Å²) < 4.78 is 5.87. The number of nitrogens with one attached hydrogen (secondary N) is 1. The van der Waals surface area contributed by atoms with Crippen molar-refractivity contribution in [2.45, 2.75) is 77.2 Å². The molecule has 3 nitrogen and oxygen atoms in total. The highest BCUT2D eigenvalue weighted by Crippen LogP contribution is 2.25. The first-order valence-electron chi connectivity index (χ1n) is 6.29. The van der Waals surface area contributed by atoms with Crippen LogP contribution in [0, 0.1) is 11.3 Å². The van der Waals surface area contributed by atoms with Crippen LogP contribution in [0.25, 0.3) is 0 Å². The molecule has 1 rings (SSSR count). The Morgan fingerprint density at radius 2 is 2.06 bits per heavy atom. The zero-order valence-electron chi connectivity index (χ0n) is 10.9. The maximum atomic E-state index is 9.22. The Labute approximate surface area is 99.2 Å². The molecular weight excluding hydrogens is 200 g/mol. The largest absolute Gasteiger partial charge is 0.375 e. The molecule has 0 spiro atoms. The Morgan fingerprint density at radius 1 is 1.44 bits per heavy atom. The van der Waals surface area contributed by atoms with Crippen molar-refractivity contribution in [2.75, 3.05) is 0 Å². The summed E-state index contributed by atoms with van der Waals surface area (Å²) >= 11 is 0. The molecule has 1 aliphatic rings. The van der Waals surface area contributed by atoms with Crippen LogP contribution in [-0.4, -0.2) is 23.8 Å². The number of ether oxygens (including phenoxy) is 1. The summed E-state index contributed by atoms with van der Waals surface area (Å²) in [4.78, 5) is 0. The first-order chi connectivity index (χ1) is 7.45. The van der Waals surface area contributed by atoms with Gasteiger partial charge in [-0.1, -0.05) is 0 Å². The smallest absolute Gasteiger partial charge is 0.106 e. The molecular formula is C13H24N2O. The van der Waals surface area contributed by atoms with Gasteiger partial charge >= 0.3 is 0 Å². The summed E-state index contributed by atoms with van der Waals surface area (Å²) in [7, 11) is 0. The van der Waals surface area contributed by atoms with E-state index in [1.54, 1.807) is 0 Å². The van der Waals surface area contributed by atoms with Crippen molar-refractivity contribution in [1.29, 1.82) is 5.26 Å². The fraction of sp³-hybridized carbons (Fsp3) is 0.923. The fourth-order valence-electron chi connectivity index (χ4n) is 2.23. The minimum atomic E-state index is -0.475. The summed E-state index contributed by atoms with van der Waals surface area (Å²) in [6.45, 7) is 8.14. The van der Waals surface area contributed by atoms with Crippen LogP contribution in [0.5, 0.6) is 0 Å². The van der Waals surface area contributed by atoms with Crippen molar-refractivity contribution < 1.29 is 4.74 Å². The molecule has 2 atom stereocenters. The number of hydrogen-bond donors (Lipinski definition) is 1. The highest BCUT2D eigenvalue weighted by atomic mass is 16.5. The Hall–Kier alpha value is -0.590. The lowest BCUT2D eigenvalue weighted by molar-refractivity contribution is -0.0521. The minimum Gasteiger partial charge on any atom is -0.375 e. The molecule has 0 bridgehead atoms. The average molecular weight is 224 g/mol. The Bertz CT molecular complexity index is 255. The van der Waals surface area contributed by atoms with Crippen LogP contribution in [0.15, 0.2) is 0 Å². The molecule has 0 aromatic carbocycles. The third-order valence-electron chi connectivity index (χ3n) is 3.03. The number of rotatable bonds is 6. The van der Waals surface area contributed by atoms with Crippen molar-refractivity contribution in [3.05, 3.63) is 0 Å². The van der Waals surface area contributed by atoms with Gasteiger partial charge in [0.05, 0.1) is 18.3 Å². The molecule has 2 unspecified atom stereocenters. The van der Waals surface area contributed by atoms with Gasteiger partial charge in [-0.05, 0) is 47.0 Å². The predicted octanol–water partition coefficient (Wildman–Crippen LogP) is 2.61. The maximum absolute atomic E-state index is 9.22. The van der Waals surface area contributed by atoms with Crippen LogP contribution in [0.1, 0.15) is 53.4 Å². The third-order valence-corrected chi connectivity index (χ3v) is 3.03. The van der Waals surface area contributed by atoms with Gasteiger partial charge < -0.3 is 4.74 Å². The van der Waals surface area contributed by atoms with Crippen LogP contribution in [-0.2, 0) is 4.74 Å². The SMILES string of the molecule is CC(C)NC(C)(C#N)CC(C)OC1CCC1. The van der Waals surface area contributed by atoms with E-state index >= 15 is 0 Å². The summed E-state index contributed by atoms with van der Waals surface area (Å²) in [6, 6.07) is 2.68. The monoisotopic (exact) mass is 224 g/mol. The molecule has 16 heavy (non-hydrogen) atoms. The van der Waals surface area contributed by atoms with E-state index in [4.69, 9.17) is 4.74 Å². The van der Waals surface area contributed by atoms with Gasteiger partial charge in [0.15, 0.2) is 0 Å². The molecule has 1 N–H and O–H groups in total. The van der Waals surface area contributed by atoms with Crippen molar-refractivity contribution in [1.82, 2.24) is 5.32 Å². The van der Waals surface area contributed by atoms with Crippen molar-refractivity contribution in [3.63, 3.8) is 0 Å². The average Bonchev–Trinajstić information content (AvgIpc) is 2.10. The summed E-state index contributed by atoms with van der Waals surface area (Å²) in [5, 5.41) is 12.5. The zero-order valence-corrected chi connectivity index (χ0v) is 10.9. The lowest BCUT2D eigenvalue weighted by Gasteiger charge is -2.33. The summed E-state index contributed by atoms with van der Waals surface area (Å²) in [5.74, 6) is 0. The second kappa shape index (κ2) is 5.65. The molecule has 0 radical (unpaired) electrons. The van der Waals surface area contributed by atoms with Crippen LogP contribution in [0.4, 0.5) is 0 Å². The van der Waals surface area contributed by atoms with E-state index in [1.807, 2.05) is 6.92 Å². The van der Waals surface area contributed by atoms with Gasteiger partial charge in [0.2, 0.25) is 0 Å². The van der Waals surface area contributed by atoms with Gasteiger partial charge in [-0.25, -0.2) is 0 Å². The van der Waals surface area contributed by atoms with Crippen LogP contribution >= 0.6 is 0 Å². The van der Waals surface area contributed by atoms with Gasteiger partial charge in [-0.15, -0.1) is 0 Å². The van der Waals surface area contributed by atoms with Gasteiger partial charge in [-0.3, -0.25) is 5.32 Å². The van der Waals surface area contributed by atoms with Crippen molar-refractivity contribution in [2.24, 2.45) is 0 Å². The predicted molar refractivity (Wildman–Crippen MR) is 65.1 cm³/mol. The second-order valence-corrected chi connectivity index (χ2v) is 5.45. The Balaban J connectivity index is 2.38. The molecule has 3 heteroatoms. The molecule has 92 valence electrons. The Kier molecular flexibility index (Phi) is 4.76. The van der Waals surface area contributed by atoms with Gasteiger partial charge in [0.25, 0.3) is 0 Å². The lowest BCUT2D eigenvalue weighted by atomic mass is 9.93. The van der Waals surface area contributed by atoms with Gasteiger partial charge in [-0.2, -0.15) is 5.26 Å². The topological polar surface area (TPSA) is 45.0 Å². The second-order valence-electron chi connectivity index (χ2n) is 5.45. The van der Waals surface area contributed by atoms with Gasteiger partial charge in [0, 0.05) is 12.5 Å².